The zero-order valence-corrected chi connectivity index (χ0v) is 17.9. The molecule has 2 saturated carbocycles. The number of urea groups is 1. The van der Waals surface area contributed by atoms with Gasteiger partial charge in [0.1, 0.15) is 6.10 Å². The summed E-state index contributed by atoms with van der Waals surface area (Å²) in [6, 6.07) is 2.60. The topological polar surface area (TPSA) is 120 Å². The lowest BCUT2D eigenvalue weighted by Crippen LogP contribution is -2.82. The lowest BCUT2D eigenvalue weighted by atomic mass is 9.45. The third kappa shape index (κ3) is 1.94. The van der Waals surface area contributed by atoms with Crippen molar-refractivity contribution in [3.8, 4) is 11.5 Å². The van der Waals surface area contributed by atoms with Gasteiger partial charge in [0.2, 0.25) is 0 Å². The quantitative estimate of drug-likeness (QED) is 0.499. The van der Waals surface area contributed by atoms with Crippen LogP contribution >= 0.6 is 0 Å². The molecule has 0 aromatic heterocycles. The molecule has 4 N–H and O–H groups in total. The van der Waals surface area contributed by atoms with Crippen LogP contribution in [0.4, 0.5) is 4.79 Å². The maximum atomic E-state index is 13.1. The number of nitrogens with one attached hydrogen (secondary N) is 2. The maximum absolute atomic E-state index is 13.1. The third-order valence-corrected chi connectivity index (χ3v) is 9.08. The molecule has 0 unspecified atom stereocenters. The second-order valence-electron chi connectivity index (χ2n) is 10.4. The summed E-state index contributed by atoms with van der Waals surface area (Å²) in [7, 11) is 1.55. The van der Waals surface area contributed by atoms with E-state index < -0.39 is 46.7 Å². The number of fused-ring (bicyclic) bond motifs is 1. The van der Waals surface area contributed by atoms with Gasteiger partial charge in [-0.05, 0) is 56.2 Å². The molecule has 2 bridgehead atoms. The summed E-state index contributed by atoms with van der Waals surface area (Å²) in [5, 5.41) is 29.3. The number of benzene rings is 1. The van der Waals surface area contributed by atoms with Crippen LogP contribution in [0.3, 0.4) is 0 Å². The number of hydrogen-bond donors (Lipinski definition) is 4. The van der Waals surface area contributed by atoms with E-state index in [4.69, 9.17) is 9.47 Å². The summed E-state index contributed by atoms with van der Waals surface area (Å²) in [6.07, 6.45) is 1.78. The number of carbonyl (C=O) groups excluding carboxylic acids is 2. The standard InChI is InChI=1S/C23H27N3O6/c1-31-13-5-4-12-14-16(13)32-18-21(14)8-9-26(10-11-2-3-11)17(15(12)27)23(21,30)7-6-22(18)19(28)24-20(29)25-22/h4-5,11,15,17-18,27,30H,2-3,6-10H2,1H3,(H2,24,25,28,29)/t15-,17-,18-,21+,22-,23-/m0/s1. The molecule has 6 atom stereocenters. The van der Waals surface area contributed by atoms with Gasteiger partial charge in [-0.15, -0.1) is 0 Å². The Morgan fingerprint density at radius 2 is 2.06 bits per heavy atom. The highest BCUT2D eigenvalue weighted by Gasteiger charge is 2.79. The Kier molecular flexibility index (Phi) is 3.44. The fourth-order valence-corrected chi connectivity index (χ4v) is 7.60. The largest absolute Gasteiger partial charge is 0.493 e. The minimum atomic E-state index is -1.30. The molecule has 3 amide bonds. The number of carbonyl (C=O) groups is 2. The molecule has 2 saturated heterocycles. The number of hydrogen-bond acceptors (Lipinski definition) is 7. The lowest BCUT2D eigenvalue weighted by molar-refractivity contribution is -0.225. The average molecular weight is 441 g/mol. The van der Waals surface area contributed by atoms with Crippen molar-refractivity contribution >= 4 is 11.9 Å². The summed E-state index contributed by atoms with van der Waals surface area (Å²) in [6.45, 7) is 1.54. The second-order valence-corrected chi connectivity index (χ2v) is 10.4. The summed E-state index contributed by atoms with van der Waals surface area (Å²) in [5.74, 6) is 1.16. The molecule has 7 rings (SSSR count). The van der Waals surface area contributed by atoms with Gasteiger partial charge in [0.05, 0.1) is 30.3 Å². The van der Waals surface area contributed by atoms with Gasteiger partial charge in [-0.3, -0.25) is 15.0 Å². The Balaban J connectivity index is 1.48. The molecule has 3 aliphatic heterocycles. The normalized spacial score (nSPS) is 43.5. The van der Waals surface area contributed by atoms with Gasteiger partial charge >= 0.3 is 6.03 Å². The fraction of sp³-hybridized carbons (Fsp3) is 0.652. The average Bonchev–Trinajstić information content (AvgIpc) is 3.43. The Labute approximate surface area is 185 Å². The van der Waals surface area contributed by atoms with E-state index in [0.717, 1.165) is 17.7 Å². The van der Waals surface area contributed by atoms with Crippen molar-refractivity contribution in [2.45, 2.75) is 66.9 Å². The van der Waals surface area contributed by atoms with Crippen LogP contribution in [0.5, 0.6) is 11.5 Å². The van der Waals surface area contributed by atoms with Crippen LogP contribution in [0.15, 0.2) is 12.1 Å². The van der Waals surface area contributed by atoms with E-state index in [9.17, 15) is 19.8 Å². The molecule has 3 aliphatic carbocycles. The van der Waals surface area contributed by atoms with Gasteiger partial charge in [-0.1, -0.05) is 6.07 Å². The van der Waals surface area contributed by atoms with Gasteiger partial charge in [0.25, 0.3) is 5.91 Å². The third-order valence-electron chi connectivity index (χ3n) is 9.08. The van der Waals surface area contributed by atoms with Gasteiger partial charge in [-0.25, -0.2) is 4.79 Å². The summed E-state index contributed by atoms with van der Waals surface area (Å²) in [5.41, 5.74) is -2.03. The molecular formula is C23H27N3O6. The number of ether oxygens (including phenoxy) is 2. The Morgan fingerprint density at radius 3 is 2.75 bits per heavy atom. The number of nitrogens with zero attached hydrogens (tertiary/aromatic N) is 1. The first kappa shape index (κ1) is 19.1. The Morgan fingerprint density at radius 1 is 1.25 bits per heavy atom. The van der Waals surface area contributed by atoms with Crippen LogP contribution in [-0.4, -0.2) is 70.5 Å². The Hall–Kier alpha value is -2.36. The molecular weight excluding hydrogens is 414 g/mol. The zero-order chi connectivity index (χ0) is 22.0. The van der Waals surface area contributed by atoms with E-state index in [2.05, 4.69) is 15.5 Å². The molecule has 3 heterocycles. The van der Waals surface area contributed by atoms with Crippen LogP contribution in [0.25, 0.3) is 0 Å². The molecule has 6 aliphatic rings. The second kappa shape index (κ2) is 5.76. The van der Waals surface area contributed by atoms with Crippen molar-refractivity contribution in [2.24, 2.45) is 5.92 Å². The predicted molar refractivity (Wildman–Crippen MR) is 110 cm³/mol. The van der Waals surface area contributed by atoms with Crippen molar-refractivity contribution < 1.29 is 29.3 Å². The van der Waals surface area contributed by atoms with E-state index in [-0.39, 0.29) is 12.8 Å². The summed E-state index contributed by atoms with van der Waals surface area (Å²) in [4.78, 5) is 27.6. The zero-order valence-electron chi connectivity index (χ0n) is 17.9. The van der Waals surface area contributed by atoms with E-state index in [0.29, 0.717) is 30.4 Å². The number of methoxy groups -OCH3 is 1. The van der Waals surface area contributed by atoms with Gasteiger partial charge in [0, 0.05) is 12.1 Å². The fourth-order valence-electron chi connectivity index (χ4n) is 7.60. The van der Waals surface area contributed by atoms with Crippen molar-refractivity contribution in [3.63, 3.8) is 0 Å². The highest BCUT2D eigenvalue weighted by molar-refractivity contribution is 6.08. The van der Waals surface area contributed by atoms with Crippen molar-refractivity contribution in [2.75, 3.05) is 20.2 Å². The van der Waals surface area contributed by atoms with E-state index in [1.54, 1.807) is 13.2 Å². The first-order valence-corrected chi connectivity index (χ1v) is 11.5. The highest BCUT2D eigenvalue weighted by Crippen LogP contribution is 2.69. The maximum Gasteiger partial charge on any atom is 0.322 e. The van der Waals surface area contributed by atoms with E-state index >= 15 is 0 Å². The van der Waals surface area contributed by atoms with Crippen molar-refractivity contribution in [1.82, 2.24) is 15.5 Å². The molecule has 1 aromatic carbocycles. The van der Waals surface area contributed by atoms with Crippen molar-refractivity contribution in [1.29, 1.82) is 0 Å². The van der Waals surface area contributed by atoms with Gasteiger partial charge in [0.15, 0.2) is 17.0 Å². The molecule has 1 aromatic rings. The lowest BCUT2D eigenvalue weighted by Gasteiger charge is -2.66. The van der Waals surface area contributed by atoms with Crippen LogP contribution in [0, 0.1) is 5.92 Å². The highest BCUT2D eigenvalue weighted by atomic mass is 16.5. The molecule has 9 nitrogen and oxygen atoms in total. The van der Waals surface area contributed by atoms with Gasteiger partial charge < -0.3 is 25.0 Å². The number of imide groups is 1. The van der Waals surface area contributed by atoms with E-state index in [1.807, 2.05) is 6.07 Å². The summed E-state index contributed by atoms with van der Waals surface area (Å²) >= 11 is 0. The number of likely N-dealkylation sites (tertiary alicyclic amines) is 1. The molecule has 32 heavy (non-hydrogen) atoms. The summed E-state index contributed by atoms with van der Waals surface area (Å²) < 4.78 is 12.1. The monoisotopic (exact) mass is 441 g/mol. The number of aliphatic hydroxyl groups is 2. The van der Waals surface area contributed by atoms with Crippen LogP contribution in [-0.2, 0) is 10.2 Å². The van der Waals surface area contributed by atoms with E-state index in [1.165, 1.54) is 12.8 Å². The molecule has 170 valence electrons. The number of rotatable bonds is 3. The number of piperidine rings is 1. The smallest absolute Gasteiger partial charge is 0.322 e. The van der Waals surface area contributed by atoms with Gasteiger partial charge in [-0.2, -0.15) is 0 Å². The minimum Gasteiger partial charge on any atom is -0.493 e. The first-order valence-electron chi connectivity index (χ1n) is 11.5. The van der Waals surface area contributed by atoms with Crippen molar-refractivity contribution in [3.05, 3.63) is 23.3 Å². The van der Waals surface area contributed by atoms with Crippen LogP contribution in [0.1, 0.15) is 49.3 Å². The molecule has 0 radical (unpaired) electrons. The Bertz CT molecular complexity index is 1070. The van der Waals surface area contributed by atoms with Crippen LogP contribution < -0.4 is 20.1 Å². The molecule has 2 spiro atoms. The number of aliphatic hydroxyl groups excluding tert-OH is 1. The van der Waals surface area contributed by atoms with Crippen LogP contribution in [0.2, 0.25) is 0 Å². The SMILES string of the molecule is COc1ccc2c3c1O[C@@H]1[C@]4(CC[C@]5(O)[C@H]([C@H]2O)N(CC2CC2)CC[C@@]315)NC(=O)NC4=O. The predicted octanol–water partition coefficient (Wildman–Crippen LogP) is 0.328. The minimum absolute atomic E-state index is 0.236. The molecule has 9 heteroatoms. The molecule has 4 fully saturated rings. The number of amides is 3. The first-order chi connectivity index (χ1) is 15.4.